The standard InChI is InChI=1S/C12H17ClN2O2/c1-3-17-10-6-9(12(10)16-2)15-8-4-5-11(13)14-7-8/h4-5,7,9-10,12,15H,3,6H2,1-2H3. The SMILES string of the molecule is CCOC1CC(Nc2ccc(Cl)nc2)C1OC. The van der Waals surface area contributed by atoms with Gasteiger partial charge in [0, 0.05) is 13.7 Å². The van der Waals surface area contributed by atoms with Crippen molar-refractivity contribution in [2.75, 3.05) is 19.0 Å². The van der Waals surface area contributed by atoms with Crippen LogP contribution in [-0.4, -0.2) is 37.0 Å². The first-order valence-corrected chi connectivity index (χ1v) is 6.15. The van der Waals surface area contributed by atoms with Crippen molar-refractivity contribution < 1.29 is 9.47 Å². The van der Waals surface area contributed by atoms with Crippen LogP contribution in [0.1, 0.15) is 13.3 Å². The van der Waals surface area contributed by atoms with Crippen molar-refractivity contribution in [3.05, 3.63) is 23.5 Å². The lowest BCUT2D eigenvalue weighted by atomic mass is 9.85. The molecule has 17 heavy (non-hydrogen) atoms. The number of pyridine rings is 1. The molecule has 1 aliphatic carbocycles. The molecule has 1 N–H and O–H groups in total. The number of nitrogens with one attached hydrogen (secondary N) is 1. The average molecular weight is 257 g/mol. The van der Waals surface area contributed by atoms with E-state index in [0.717, 1.165) is 18.7 Å². The van der Waals surface area contributed by atoms with Crippen molar-refractivity contribution in [1.29, 1.82) is 0 Å². The lowest BCUT2D eigenvalue weighted by Crippen LogP contribution is -2.56. The second-order valence-corrected chi connectivity index (χ2v) is 4.44. The molecule has 1 saturated carbocycles. The number of methoxy groups -OCH3 is 1. The van der Waals surface area contributed by atoms with E-state index in [2.05, 4.69) is 10.3 Å². The molecule has 1 aliphatic rings. The molecular formula is C12H17ClN2O2. The Kier molecular flexibility index (Phi) is 4.20. The molecule has 1 heterocycles. The fourth-order valence-electron chi connectivity index (χ4n) is 2.09. The van der Waals surface area contributed by atoms with E-state index in [1.807, 2.05) is 13.0 Å². The van der Waals surface area contributed by atoms with Gasteiger partial charge in [-0.1, -0.05) is 11.6 Å². The number of nitrogens with zero attached hydrogens (tertiary/aromatic N) is 1. The molecule has 1 aromatic heterocycles. The molecule has 1 fully saturated rings. The monoisotopic (exact) mass is 256 g/mol. The Bertz CT molecular complexity index is 358. The fourth-order valence-corrected chi connectivity index (χ4v) is 2.20. The van der Waals surface area contributed by atoms with Gasteiger partial charge in [-0.25, -0.2) is 4.98 Å². The van der Waals surface area contributed by atoms with E-state index in [4.69, 9.17) is 21.1 Å². The Balaban J connectivity index is 1.90. The molecule has 0 saturated heterocycles. The molecule has 94 valence electrons. The Morgan fingerprint density at radius 1 is 1.53 bits per heavy atom. The molecular weight excluding hydrogens is 240 g/mol. The highest BCUT2D eigenvalue weighted by molar-refractivity contribution is 6.29. The van der Waals surface area contributed by atoms with Crippen LogP contribution in [0.25, 0.3) is 0 Å². The molecule has 2 rings (SSSR count). The number of hydrogen-bond acceptors (Lipinski definition) is 4. The molecule has 3 atom stereocenters. The Morgan fingerprint density at radius 3 is 2.94 bits per heavy atom. The van der Waals surface area contributed by atoms with Crippen LogP contribution in [0.15, 0.2) is 18.3 Å². The highest BCUT2D eigenvalue weighted by Gasteiger charge is 2.42. The van der Waals surface area contributed by atoms with Crippen molar-refractivity contribution in [1.82, 2.24) is 4.98 Å². The first kappa shape index (κ1) is 12.6. The van der Waals surface area contributed by atoms with Gasteiger partial charge < -0.3 is 14.8 Å². The Hall–Kier alpha value is -0.840. The van der Waals surface area contributed by atoms with Gasteiger partial charge in [0.15, 0.2) is 0 Å². The van der Waals surface area contributed by atoms with Gasteiger partial charge in [0.2, 0.25) is 0 Å². The number of aromatic nitrogens is 1. The van der Waals surface area contributed by atoms with Crippen LogP contribution in [0.4, 0.5) is 5.69 Å². The van der Waals surface area contributed by atoms with Gasteiger partial charge in [-0.2, -0.15) is 0 Å². The van der Waals surface area contributed by atoms with E-state index in [-0.39, 0.29) is 18.2 Å². The summed E-state index contributed by atoms with van der Waals surface area (Å²) in [5.74, 6) is 0. The maximum Gasteiger partial charge on any atom is 0.129 e. The summed E-state index contributed by atoms with van der Waals surface area (Å²) in [6, 6.07) is 3.96. The average Bonchev–Trinajstić information content (AvgIpc) is 2.30. The zero-order valence-electron chi connectivity index (χ0n) is 10.0. The maximum atomic E-state index is 5.73. The van der Waals surface area contributed by atoms with Crippen molar-refractivity contribution in [3.8, 4) is 0 Å². The van der Waals surface area contributed by atoms with Crippen molar-refractivity contribution in [3.63, 3.8) is 0 Å². The van der Waals surface area contributed by atoms with Gasteiger partial charge in [0.1, 0.15) is 11.3 Å². The number of anilines is 1. The summed E-state index contributed by atoms with van der Waals surface area (Å²) in [5.41, 5.74) is 0.955. The van der Waals surface area contributed by atoms with E-state index in [9.17, 15) is 0 Å². The molecule has 0 bridgehead atoms. The summed E-state index contributed by atoms with van der Waals surface area (Å²) in [6.45, 7) is 2.72. The topological polar surface area (TPSA) is 43.4 Å². The third kappa shape index (κ3) is 2.89. The largest absolute Gasteiger partial charge is 0.378 e. The van der Waals surface area contributed by atoms with Crippen molar-refractivity contribution in [2.24, 2.45) is 0 Å². The maximum absolute atomic E-state index is 5.73. The fraction of sp³-hybridized carbons (Fsp3) is 0.583. The highest BCUT2D eigenvalue weighted by atomic mass is 35.5. The highest BCUT2D eigenvalue weighted by Crippen LogP contribution is 2.29. The van der Waals surface area contributed by atoms with Gasteiger partial charge in [-0.05, 0) is 25.5 Å². The summed E-state index contributed by atoms with van der Waals surface area (Å²) < 4.78 is 11.0. The zero-order chi connectivity index (χ0) is 12.3. The molecule has 5 heteroatoms. The van der Waals surface area contributed by atoms with Crippen LogP contribution < -0.4 is 5.32 Å². The molecule has 0 radical (unpaired) electrons. The van der Waals surface area contributed by atoms with Gasteiger partial charge in [-0.3, -0.25) is 0 Å². The second-order valence-electron chi connectivity index (χ2n) is 4.05. The van der Waals surface area contributed by atoms with E-state index in [0.29, 0.717) is 5.15 Å². The first-order valence-electron chi connectivity index (χ1n) is 5.77. The van der Waals surface area contributed by atoms with Crippen molar-refractivity contribution >= 4 is 17.3 Å². The summed E-state index contributed by atoms with van der Waals surface area (Å²) in [4.78, 5) is 4.03. The molecule has 4 nitrogen and oxygen atoms in total. The minimum Gasteiger partial charge on any atom is -0.378 e. The second kappa shape index (κ2) is 5.67. The number of rotatable bonds is 5. The third-order valence-corrected chi connectivity index (χ3v) is 3.21. The van der Waals surface area contributed by atoms with E-state index < -0.39 is 0 Å². The number of hydrogen-bond donors (Lipinski definition) is 1. The van der Waals surface area contributed by atoms with Crippen LogP contribution in [-0.2, 0) is 9.47 Å². The quantitative estimate of drug-likeness (QED) is 0.822. The third-order valence-electron chi connectivity index (χ3n) is 2.98. The molecule has 0 aromatic carbocycles. The normalized spacial score (nSPS) is 27.6. The Labute approximate surface area is 106 Å². The summed E-state index contributed by atoms with van der Waals surface area (Å²) in [7, 11) is 1.71. The zero-order valence-corrected chi connectivity index (χ0v) is 10.8. The minimum absolute atomic E-state index is 0.102. The van der Waals surface area contributed by atoms with Crippen LogP contribution in [0.5, 0.6) is 0 Å². The first-order chi connectivity index (χ1) is 8.24. The Morgan fingerprint density at radius 2 is 2.35 bits per heavy atom. The lowest BCUT2D eigenvalue weighted by molar-refractivity contribution is -0.118. The van der Waals surface area contributed by atoms with Crippen LogP contribution in [0.3, 0.4) is 0 Å². The van der Waals surface area contributed by atoms with Crippen LogP contribution in [0, 0.1) is 0 Å². The molecule has 0 aliphatic heterocycles. The molecule has 1 aromatic rings. The van der Waals surface area contributed by atoms with Crippen molar-refractivity contribution in [2.45, 2.75) is 31.6 Å². The summed E-state index contributed by atoms with van der Waals surface area (Å²) in [5, 5.41) is 3.87. The van der Waals surface area contributed by atoms with Gasteiger partial charge in [0.25, 0.3) is 0 Å². The molecule has 3 unspecified atom stereocenters. The van der Waals surface area contributed by atoms with Gasteiger partial charge in [-0.15, -0.1) is 0 Å². The van der Waals surface area contributed by atoms with E-state index in [1.165, 1.54) is 0 Å². The molecule has 0 spiro atoms. The predicted molar refractivity (Wildman–Crippen MR) is 67.5 cm³/mol. The summed E-state index contributed by atoms with van der Waals surface area (Å²) in [6.07, 6.45) is 2.98. The summed E-state index contributed by atoms with van der Waals surface area (Å²) >= 11 is 5.73. The molecule has 0 amide bonds. The van der Waals surface area contributed by atoms with Gasteiger partial charge >= 0.3 is 0 Å². The lowest BCUT2D eigenvalue weighted by Gasteiger charge is -2.43. The number of ether oxygens (including phenoxy) is 2. The van der Waals surface area contributed by atoms with E-state index in [1.54, 1.807) is 19.4 Å². The number of halogens is 1. The van der Waals surface area contributed by atoms with Gasteiger partial charge in [0.05, 0.1) is 24.0 Å². The van der Waals surface area contributed by atoms with Crippen LogP contribution >= 0.6 is 11.6 Å². The predicted octanol–water partition coefficient (Wildman–Crippen LogP) is 2.34. The van der Waals surface area contributed by atoms with Crippen LogP contribution in [0.2, 0.25) is 5.15 Å². The minimum atomic E-state index is 0.102. The van der Waals surface area contributed by atoms with E-state index >= 15 is 0 Å². The smallest absolute Gasteiger partial charge is 0.129 e.